The summed E-state index contributed by atoms with van der Waals surface area (Å²) in [5.41, 5.74) is 0.557. The third-order valence-electron chi connectivity index (χ3n) is 1.82. The molecule has 0 saturated heterocycles. The summed E-state index contributed by atoms with van der Waals surface area (Å²) in [4.78, 5) is 21.4. The summed E-state index contributed by atoms with van der Waals surface area (Å²) in [6.07, 6.45) is 0. The average Bonchev–Trinajstić information content (AvgIpc) is 2.17. The summed E-state index contributed by atoms with van der Waals surface area (Å²) in [5.74, 6) is -0.922. The number of carbonyl (C=O) groups excluding carboxylic acids is 1. The van der Waals surface area contributed by atoms with Crippen molar-refractivity contribution in [1.82, 2.24) is 0 Å². The molecule has 5 heteroatoms. The molecule has 0 spiro atoms. The molecule has 0 aliphatic rings. The third kappa shape index (κ3) is 1.71. The number of methoxy groups -OCH3 is 1. The van der Waals surface area contributed by atoms with Gasteiger partial charge in [-0.1, -0.05) is 0 Å². The monoisotopic (exact) mass is 195 g/mol. The van der Waals surface area contributed by atoms with Crippen molar-refractivity contribution in [3.63, 3.8) is 0 Å². The predicted octanol–water partition coefficient (Wildman–Crippen LogP) is 1.89. The Labute approximate surface area is 80.3 Å². The second kappa shape index (κ2) is 3.87. The van der Waals surface area contributed by atoms with Crippen LogP contribution >= 0.6 is 0 Å². The van der Waals surface area contributed by atoms with Crippen LogP contribution in [0.15, 0.2) is 17.3 Å². The molecule has 0 heterocycles. The molecule has 0 amide bonds. The number of hydrogen-bond donors (Lipinski definition) is 1. The largest absolute Gasteiger partial charge is 0.507 e. The lowest BCUT2D eigenvalue weighted by Gasteiger charge is -2.04. The van der Waals surface area contributed by atoms with Crippen LogP contribution in [-0.2, 0) is 4.74 Å². The van der Waals surface area contributed by atoms with Gasteiger partial charge in [0.1, 0.15) is 17.0 Å². The molecule has 1 rings (SSSR count). The second-order valence-electron chi connectivity index (χ2n) is 2.74. The number of aromatic hydroxyl groups is 1. The summed E-state index contributed by atoms with van der Waals surface area (Å²) in [7, 11) is 1.19. The van der Waals surface area contributed by atoms with E-state index in [0.717, 1.165) is 0 Å². The number of aryl methyl sites for hydroxylation is 1. The molecule has 5 nitrogen and oxygen atoms in total. The number of nitrogens with zero attached hydrogens (tertiary/aromatic N) is 1. The van der Waals surface area contributed by atoms with Crippen LogP contribution in [0.4, 0.5) is 5.69 Å². The van der Waals surface area contributed by atoms with Crippen LogP contribution in [0.25, 0.3) is 0 Å². The molecular weight excluding hydrogens is 186 g/mol. The Morgan fingerprint density at radius 1 is 1.50 bits per heavy atom. The number of esters is 1. The molecule has 1 N–H and O–H groups in total. The molecule has 0 aliphatic heterocycles. The van der Waals surface area contributed by atoms with Crippen LogP contribution in [0.3, 0.4) is 0 Å². The molecule has 0 bridgehead atoms. The van der Waals surface area contributed by atoms with Gasteiger partial charge in [-0.25, -0.2) is 4.79 Å². The molecule has 0 aliphatic carbocycles. The molecule has 1 aromatic rings. The first-order chi connectivity index (χ1) is 6.60. The number of rotatable bonds is 2. The zero-order valence-electron chi connectivity index (χ0n) is 7.77. The SMILES string of the molecule is COC(=O)c1cc(N=O)c(C)cc1O. The molecule has 0 unspecified atom stereocenters. The Kier molecular flexibility index (Phi) is 2.81. The number of benzene rings is 1. The zero-order valence-corrected chi connectivity index (χ0v) is 7.77. The van der Waals surface area contributed by atoms with Gasteiger partial charge in [0.25, 0.3) is 0 Å². The highest BCUT2D eigenvalue weighted by molar-refractivity contribution is 5.93. The van der Waals surface area contributed by atoms with Crippen LogP contribution in [-0.4, -0.2) is 18.2 Å². The van der Waals surface area contributed by atoms with Crippen LogP contribution in [0.1, 0.15) is 15.9 Å². The van der Waals surface area contributed by atoms with E-state index in [4.69, 9.17) is 0 Å². The molecule has 0 atom stereocenters. The molecule has 0 aromatic heterocycles. The maximum Gasteiger partial charge on any atom is 0.341 e. The Hall–Kier alpha value is -1.91. The first-order valence-corrected chi connectivity index (χ1v) is 3.85. The van der Waals surface area contributed by atoms with Crippen molar-refractivity contribution in [2.24, 2.45) is 5.18 Å². The van der Waals surface area contributed by atoms with Gasteiger partial charge >= 0.3 is 5.97 Å². The smallest absolute Gasteiger partial charge is 0.341 e. The quantitative estimate of drug-likeness (QED) is 0.577. The minimum atomic E-state index is -0.701. The van der Waals surface area contributed by atoms with E-state index in [1.165, 1.54) is 19.2 Å². The maximum absolute atomic E-state index is 11.1. The van der Waals surface area contributed by atoms with E-state index in [1.807, 2.05) is 0 Å². The molecule has 74 valence electrons. The highest BCUT2D eigenvalue weighted by atomic mass is 16.5. The lowest BCUT2D eigenvalue weighted by Crippen LogP contribution is -2.01. The number of ether oxygens (including phenoxy) is 1. The van der Waals surface area contributed by atoms with Gasteiger partial charge in [-0.15, -0.1) is 4.91 Å². The number of phenols is 1. The van der Waals surface area contributed by atoms with Crippen LogP contribution < -0.4 is 0 Å². The van der Waals surface area contributed by atoms with Gasteiger partial charge in [0.2, 0.25) is 0 Å². The van der Waals surface area contributed by atoms with Gasteiger partial charge in [0.15, 0.2) is 0 Å². The molecule has 0 saturated carbocycles. The van der Waals surface area contributed by atoms with Gasteiger partial charge in [-0.3, -0.25) is 0 Å². The summed E-state index contributed by atoms with van der Waals surface area (Å²) in [6.45, 7) is 1.61. The van der Waals surface area contributed by atoms with Gasteiger partial charge in [-0.2, -0.15) is 0 Å². The van der Waals surface area contributed by atoms with Crippen LogP contribution in [0, 0.1) is 11.8 Å². The van der Waals surface area contributed by atoms with Crippen molar-refractivity contribution in [2.45, 2.75) is 6.92 Å². The minimum Gasteiger partial charge on any atom is -0.507 e. The fraction of sp³-hybridized carbons (Fsp3) is 0.222. The average molecular weight is 195 g/mol. The van der Waals surface area contributed by atoms with Crippen LogP contribution in [0.5, 0.6) is 5.75 Å². The van der Waals surface area contributed by atoms with Crippen molar-refractivity contribution in [1.29, 1.82) is 0 Å². The van der Waals surface area contributed by atoms with Gasteiger partial charge in [0, 0.05) is 0 Å². The van der Waals surface area contributed by atoms with Crippen LogP contribution in [0.2, 0.25) is 0 Å². The molecule has 14 heavy (non-hydrogen) atoms. The Bertz CT molecular complexity index is 387. The van der Waals surface area contributed by atoms with E-state index >= 15 is 0 Å². The van der Waals surface area contributed by atoms with E-state index in [2.05, 4.69) is 9.91 Å². The first kappa shape index (κ1) is 10.2. The zero-order chi connectivity index (χ0) is 10.7. The Morgan fingerprint density at radius 2 is 2.14 bits per heavy atom. The van der Waals surface area contributed by atoms with Gasteiger partial charge in [0.05, 0.1) is 7.11 Å². The van der Waals surface area contributed by atoms with E-state index in [-0.39, 0.29) is 17.0 Å². The van der Waals surface area contributed by atoms with E-state index in [9.17, 15) is 14.8 Å². The summed E-state index contributed by atoms with van der Waals surface area (Å²) < 4.78 is 4.41. The highest BCUT2D eigenvalue weighted by Gasteiger charge is 2.14. The van der Waals surface area contributed by atoms with Crippen molar-refractivity contribution >= 4 is 11.7 Å². The number of nitroso groups, excluding NO2 is 1. The Morgan fingerprint density at radius 3 is 2.64 bits per heavy atom. The lowest BCUT2D eigenvalue weighted by atomic mass is 10.1. The lowest BCUT2D eigenvalue weighted by molar-refractivity contribution is 0.0597. The molecule has 0 fully saturated rings. The second-order valence-corrected chi connectivity index (χ2v) is 2.74. The number of carbonyl (C=O) groups is 1. The Balaban J connectivity index is 3.30. The maximum atomic E-state index is 11.1. The summed E-state index contributed by atoms with van der Waals surface area (Å²) >= 11 is 0. The molecular formula is C9H9NO4. The fourth-order valence-electron chi connectivity index (χ4n) is 1.05. The first-order valence-electron chi connectivity index (χ1n) is 3.85. The highest BCUT2D eigenvalue weighted by Crippen LogP contribution is 2.27. The number of phenolic OH excluding ortho intramolecular Hbond substituents is 1. The topological polar surface area (TPSA) is 76.0 Å². The van der Waals surface area contributed by atoms with Crippen molar-refractivity contribution < 1.29 is 14.6 Å². The van der Waals surface area contributed by atoms with E-state index < -0.39 is 5.97 Å². The van der Waals surface area contributed by atoms with E-state index in [0.29, 0.717) is 5.56 Å². The van der Waals surface area contributed by atoms with Gasteiger partial charge in [-0.05, 0) is 29.8 Å². The third-order valence-corrected chi connectivity index (χ3v) is 1.82. The fourth-order valence-corrected chi connectivity index (χ4v) is 1.05. The van der Waals surface area contributed by atoms with E-state index in [1.54, 1.807) is 6.92 Å². The minimum absolute atomic E-state index is 0.0623. The molecule has 1 aromatic carbocycles. The summed E-state index contributed by atoms with van der Waals surface area (Å²) in [5, 5.41) is 12.1. The van der Waals surface area contributed by atoms with Crippen molar-refractivity contribution in [2.75, 3.05) is 7.11 Å². The standard InChI is InChI=1S/C9H9NO4/c1-5-3-8(11)6(9(12)14-2)4-7(5)10-13/h3-4,11H,1-2H3. The predicted molar refractivity (Wildman–Crippen MR) is 49.6 cm³/mol. The number of hydrogen-bond acceptors (Lipinski definition) is 5. The van der Waals surface area contributed by atoms with Gasteiger partial charge < -0.3 is 9.84 Å². The van der Waals surface area contributed by atoms with Crippen molar-refractivity contribution in [3.05, 3.63) is 28.2 Å². The normalized spacial score (nSPS) is 9.57. The summed E-state index contributed by atoms with van der Waals surface area (Å²) in [6, 6.07) is 2.49. The molecule has 0 radical (unpaired) electrons. The van der Waals surface area contributed by atoms with Crippen molar-refractivity contribution in [3.8, 4) is 5.75 Å².